The molecule has 0 atom stereocenters. The summed E-state index contributed by atoms with van der Waals surface area (Å²) in [6.07, 6.45) is 1.94. The molecule has 0 N–H and O–H groups in total. The SMILES string of the molecule is c1ccc(-c2ccc3c4ccc(-c5ccccc5)cc4c4nc(-c5ccc(-c6ccc7c(c6)c6cccc8c9ccccc9n7c86)cc5)cnc4c3c2)cc1. The number of nitrogens with zero attached hydrogens (tertiary/aromatic N) is 3. The Morgan fingerprint density at radius 1 is 0.309 bits per heavy atom. The lowest BCUT2D eigenvalue weighted by molar-refractivity contribution is 1.31. The first kappa shape index (κ1) is 30.1. The van der Waals surface area contributed by atoms with Gasteiger partial charge in [-0.25, -0.2) is 4.98 Å². The van der Waals surface area contributed by atoms with Crippen molar-refractivity contribution in [3.63, 3.8) is 0 Å². The monoisotopic (exact) mass is 697 g/mol. The van der Waals surface area contributed by atoms with E-state index >= 15 is 0 Å². The number of hydrogen-bond acceptors (Lipinski definition) is 2. The molecule has 0 saturated carbocycles. The number of fused-ring (bicyclic) bond motifs is 12. The van der Waals surface area contributed by atoms with Crippen molar-refractivity contribution < 1.29 is 0 Å². The molecule has 0 amide bonds. The molecule has 55 heavy (non-hydrogen) atoms. The minimum absolute atomic E-state index is 0.857. The maximum Gasteiger partial charge on any atom is 0.0979 e. The summed E-state index contributed by atoms with van der Waals surface area (Å²) >= 11 is 0. The molecule has 3 heterocycles. The molecule has 254 valence electrons. The van der Waals surface area contributed by atoms with E-state index in [9.17, 15) is 0 Å². The van der Waals surface area contributed by atoms with Crippen molar-refractivity contribution in [2.24, 2.45) is 0 Å². The topological polar surface area (TPSA) is 30.2 Å². The number of para-hydroxylation sites is 2. The quantitative estimate of drug-likeness (QED) is 0.171. The van der Waals surface area contributed by atoms with Crippen LogP contribution >= 0.6 is 0 Å². The molecule has 0 spiro atoms. The second-order valence-corrected chi connectivity index (χ2v) is 14.6. The Bertz CT molecular complexity index is 3450. The van der Waals surface area contributed by atoms with E-state index in [1.165, 1.54) is 76.7 Å². The summed E-state index contributed by atoms with van der Waals surface area (Å²) < 4.78 is 2.43. The molecule has 3 nitrogen and oxygen atoms in total. The summed E-state index contributed by atoms with van der Waals surface area (Å²) in [5, 5.41) is 9.75. The Kier molecular flexibility index (Phi) is 6.34. The van der Waals surface area contributed by atoms with Crippen LogP contribution in [0.2, 0.25) is 0 Å². The van der Waals surface area contributed by atoms with Gasteiger partial charge < -0.3 is 4.40 Å². The summed E-state index contributed by atoms with van der Waals surface area (Å²) in [7, 11) is 0. The summed E-state index contributed by atoms with van der Waals surface area (Å²) in [5.41, 5.74) is 14.6. The lowest BCUT2D eigenvalue weighted by Crippen LogP contribution is -1.93. The molecule has 0 radical (unpaired) electrons. The fourth-order valence-electron chi connectivity index (χ4n) is 8.93. The van der Waals surface area contributed by atoms with Gasteiger partial charge in [-0.2, -0.15) is 0 Å². The molecular formula is C52H31N3. The zero-order valence-corrected chi connectivity index (χ0v) is 29.7. The van der Waals surface area contributed by atoms with Crippen molar-refractivity contribution in [1.82, 2.24) is 14.4 Å². The van der Waals surface area contributed by atoms with Crippen molar-refractivity contribution in [2.45, 2.75) is 0 Å². The summed E-state index contributed by atoms with van der Waals surface area (Å²) in [6.45, 7) is 0. The van der Waals surface area contributed by atoms with E-state index in [-0.39, 0.29) is 0 Å². The van der Waals surface area contributed by atoms with Crippen molar-refractivity contribution in [1.29, 1.82) is 0 Å². The first-order valence-corrected chi connectivity index (χ1v) is 18.8. The van der Waals surface area contributed by atoms with E-state index in [1.54, 1.807) is 0 Å². The summed E-state index contributed by atoms with van der Waals surface area (Å²) in [6, 6.07) is 65.7. The van der Waals surface area contributed by atoms with E-state index in [4.69, 9.17) is 9.97 Å². The molecule has 0 fully saturated rings. The van der Waals surface area contributed by atoms with Crippen LogP contribution in [0, 0.1) is 0 Å². The third-order valence-corrected chi connectivity index (χ3v) is 11.6. The molecule has 3 heteroatoms. The molecule has 0 unspecified atom stereocenters. The highest BCUT2D eigenvalue weighted by atomic mass is 14.9. The van der Waals surface area contributed by atoms with E-state index < -0.39 is 0 Å². The van der Waals surface area contributed by atoms with E-state index in [2.05, 4.69) is 186 Å². The maximum atomic E-state index is 5.41. The Labute approximate surface area is 316 Å². The average molecular weight is 698 g/mol. The van der Waals surface area contributed by atoms with Crippen molar-refractivity contribution in [2.75, 3.05) is 0 Å². The Balaban J connectivity index is 0.998. The highest BCUT2D eigenvalue weighted by molar-refractivity contribution is 6.25. The molecule has 12 rings (SSSR count). The molecule has 3 aromatic heterocycles. The molecule has 0 aliphatic rings. The third-order valence-electron chi connectivity index (χ3n) is 11.6. The highest BCUT2D eigenvalue weighted by Crippen LogP contribution is 2.41. The van der Waals surface area contributed by atoms with Crippen LogP contribution < -0.4 is 0 Å². The summed E-state index contributed by atoms with van der Waals surface area (Å²) in [4.78, 5) is 10.6. The lowest BCUT2D eigenvalue weighted by Gasteiger charge is -2.13. The number of benzene rings is 9. The molecule has 0 aliphatic heterocycles. The normalized spacial score (nSPS) is 12.0. The van der Waals surface area contributed by atoms with Crippen LogP contribution in [0.5, 0.6) is 0 Å². The van der Waals surface area contributed by atoms with Gasteiger partial charge in [0.05, 0.1) is 39.5 Å². The largest absolute Gasteiger partial charge is 0.308 e. The van der Waals surface area contributed by atoms with E-state index in [1.807, 2.05) is 6.20 Å². The Hall–Kier alpha value is -7.36. The zero-order valence-electron chi connectivity index (χ0n) is 29.7. The first-order chi connectivity index (χ1) is 27.3. The smallest absolute Gasteiger partial charge is 0.0979 e. The van der Waals surface area contributed by atoms with Gasteiger partial charge >= 0.3 is 0 Å². The van der Waals surface area contributed by atoms with Gasteiger partial charge in [-0.1, -0.05) is 152 Å². The van der Waals surface area contributed by atoms with Crippen molar-refractivity contribution in [3.8, 4) is 44.6 Å². The Morgan fingerprint density at radius 2 is 0.800 bits per heavy atom. The Morgan fingerprint density at radius 3 is 1.49 bits per heavy atom. The second kappa shape index (κ2) is 11.6. The second-order valence-electron chi connectivity index (χ2n) is 14.6. The maximum absolute atomic E-state index is 5.41. The third kappa shape index (κ3) is 4.50. The standard InChI is InChI=1S/C52H31N3/c1-3-10-32(11-4-1)36-22-25-39-40-26-23-37(33-12-5-2-6-13-33)30-46(40)51-50(45(39)29-36)53-31-47(54-51)35-20-18-34(19-21-35)38-24-27-49-44(28-38)43-16-9-15-42-41-14-7-8-17-48(41)55(49)52(42)43/h1-31H. The van der Waals surface area contributed by atoms with Gasteiger partial charge in [0.1, 0.15) is 0 Å². The van der Waals surface area contributed by atoms with Crippen molar-refractivity contribution >= 4 is 70.7 Å². The molecular weight excluding hydrogens is 667 g/mol. The first-order valence-electron chi connectivity index (χ1n) is 18.8. The fraction of sp³-hybridized carbons (Fsp3) is 0. The van der Waals surface area contributed by atoms with Crippen LogP contribution in [0.4, 0.5) is 0 Å². The number of hydrogen-bond donors (Lipinski definition) is 0. The van der Waals surface area contributed by atoms with Crippen LogP contribution in [-0.2, 0) is 0 Å². The highest BCUT2D eigenvalue weighted by Gasteiger charge is 2.18. The fourth-order valence-corrected chi connectivity index (χ4v) is 8.93. The predicted octanol–water partition coefficient (Wildman–Crippen LogP) is 13.8. The molecule has 0 bridgehead atoms. The molecule has 0 saturated heterocycles. The van der Waals surface area contributed by atoms with Crippen LogP contribution in [-0.4, -0.2) is 14.4 Å². The summed E-state index contributed by atoms with van der Waals surface area (Å²) in [5.74, 6) is 0. The van der Waals surface area contributed by atoms with E-state index in [0.29, 0.717) is 0 Å². The zero-order chi connectivity index (χ0) is 36.0. The van der Waals surface area contributed by atoms with Gasteiger partial charge in [0.15, 0.2) is 0 Å². The molecule has 9 aromatic carbocycles. The van der Waals surface area contributed by atoms with Crippen molar-refractivity contribution in [3.05, 3.63) is 188 Å². The van der Waals surface area contributed by atoms with Crippen LogP contribution in [0.25, 0.3) is 115 Å². The molecule has 12 aromatic rings. The number of rotatable bonds is 4. The van der Waals surface area contributed by atoms with Gasteiger partial charge in [0.2, 0.25) is 0 Å². The van der Waals surface area contributed by atoms with Gasteiger partial charge in [0, 0.05) is 37.9 Å². The van der Waals surface area contributed by atoms with E-state index in [0.717, 1.165) is 38.6 Å². The lowest BCUT2D eigenvalue weighted by atomic mass is 9.93. The predicted molar refractivity (Wildman–Crippen MR) is 231 cm³/mol. The van der Waals surface area contributed by atoms with Gasteiger partial charge in [-0.15, -0.1) is 0 Å². The van der Waals surface area contributed by atoms with Gasteiger partial charge in [0.25, 0.3) is 0 Å². The van der Waals surface area contributed by atoms with Gasteiger partial charge in [-0.05, 0) is 74.5 Å². The van der Waals surface area contributed by atoms with Crippen LogP contribution in [0.15, 0.2) is 188 Å². The minimum Gasteiger partial charge on any atom is -0.308 e. The van der Waals surface area contributed by atoms with Gasteiger partial charge in [-0.3, -0.25) is 4.98 Å². The molecule has 0 aliphatic carbocycles. The minimum atomic E-state index is 0.857. The van der Waals surface area contributed by atoms with Crippen LogP contribution in [0.1, 0.15) is 0 Å². The average Bonchev–Trinajstić information content (AvgIpc) is 3.79. The number of aromatic nitrogens is 3. The van der Waals surface area contributed by atoms with Crippen LogP contribution in [0.3, 0.4) is 0 Å².